The van der Waals surface area contributed by atoms with Crippen LogP contribution in [0.4, 0.5) is 0 Å². The van der Waals surface area contributed by atoms with Crippen LogP contribution in [0, 0.1) is 44.3 Å². The van der Waals surface area contributed by atoms with Crippen LogP contribution in [0.3, 0.4) is 0 Å². The molecule has 2 unspecified atom stereocenters. The van der Waals surface area contributed by atoms with Crippen LogP contribution in [-0.2, 0) is 23.8 Å². The Hall–Kier alpha value is -1.20. The maximum absolute atomic E-state index is 14.6. The second kappa shape index (κ2) is 6.74. The summed E-state index contributed by atoms with van der Waals surface area (Å²) in [5.74, 6) is -0.183. The molecule has 7 atom stereocenters. The maximum atomic E-state index is 14.6. The van der Waals surface area contributed by atoms with E-state index < -0.39 is 22.2 Å². The molecule has 6 fully saturated rings. The predicted molar refractivity (Wildman–Crippen MR) is 139 cm³/mol. The average molecular weight is 511 g/mol. The van der Waals surface area contributed by atoms with Crippen molar-refractivity contribution in [1.29, 1.82) is 0 Å². The van der Waals surface area contributed by atoms with E-state index in [0.717, 1.165) is 57.8 Å². The standard InChI is InChI=1S/C32H46O5/c1-25(2)10-13-30-14-12-29(7)28(6)9-8-20-26(3,4)31(35-16-17-36-31)15-11-27(20,5)21(28)18-23(33)32(29,22(30)19-25)37-24(30)34/h18,20,22H,8-17,19H2,1-7H3/t20-,22?,27-,28+,29-,30?,32+/m0/s1. The highest BCUT2D eigenvalue weighted by Gasteiger charge is 2.82. The highest BCUT2D eigenvalue weighted by atomic mass is 16.7. The van der Waals surface area contributed by atoms with Gasteiger partial charge < -0.3 is 14.2 Å². The number of hydrogen-bond donors (Lipinski definition) is 0. The van der Waals surface area contributed by atoms with Crippen LogP contribution in [0.5, 0.6) is 0 Å². The number of allylic oxidation sites excluding steroid dienone is 1. The largest absolute Gasteiger partial charge is 0.449 e. The van der Waals surface area contributed by atoms with Gasteiger partial charge in [0.2, 0.25) is 0 Å². The molecular weight excluding hydrogens is 464 g/mol. The van der Waals surface area contributed by atoms with Crippen LogP contribution in [0.15, 0.2) is 11.6 Å². The first-order valence-electron chi connectivity index (χ1n) is 14.9. The molecule has 5 heteroatoms. The number of carbonyl (C=O) groups is 2. The molecule has 0 N–H and O–H groups in total. The lowest BCUT2D eigenvalue weighted by atomic mass is 9.33. The molecule has 0 amide bonds. The van der Waals surface area contributed by atoms with Crippen LogP contribution in [0.1, 0.15) is 106 Å². The van der Waals surface area contributed by atoms with Gasteiger partial charge in [-0.25, -0.2) is 0 Å². The van der Waals surface area contributed by atoms with E-state index in [0.29, 0.717) is 19.1 Å². The first-order valence-corrected chi connectivity index (χ1v) is 14.9. The van der Waals surface area contributed by atoms with Crippen LogP contribution < -0.4 is 0 Å². The van der Waals surface area contributed by atoms with Gasteiger partial charge in [0.1, 0.15) is 0 Å². The zero-order valence-corrected chi connectivity index (χ0v) is 24.1. The molecule has 5 nitrogen and oxygen atoms in total. The van der Waals surface area contributed by atoms with Crippen LogP contribution >= 0.6 is 0 Å². The third-order valence-corrected chi connectivity index (χ3v) is 14.1. The molecule has 0 aromatic carbocycles. The SMILES string of the molecule is CC1(C)CCC23CC[C@@]4(C)[C@]5(C)CC[C@H]6C(C)(C)C7(CC[C@]6(C)C5=CC(=O)[C@]4(OC2=O)C3C1)OCCO7. The van der Waals surface area contributed by atoms with Crippen molar-refractivity contribution < 1.29 is 23.8 Å². The maximum Gasteiger partial charge on any atom is 0.313 e. The summed E-state index contributed by atoms with van der Waals surface area (Å²) in [6, 6.07) is 0. The van der Waals surface area contributed by atoms with Crippen molar-refractivity contribution in [3.8, 4) is 0 Å². The van der Waals surface area contributed by atoms with Crippen molar-refractivity contribution in [1.82, 2.24) is 0 Å². The lowest BCUT2D eigenvalue weighted by Gasteiger charge is -2.70. The highest BCUT2D eigenvalue weighted by Crippen LogP contribution is 2.79. The molecule has 2 saturated heterocycles. The molecule has 5 aliphatic carbocycles. The normalized spacial score (nSPS) is 52.5. The summed E-state index contributed by atoms with van der Waals surface area (Å²) in [5, 5.41) is 0. The fourth-order valence-electron chi connectivity index (χ4n) is 11.7. The Bertz CT molecular complexity index is 1130. The monoisotopic (exact) mass is 510 g/mol. The summed E-state index contributed by atoms with van der Waals surface area (Å²) >= 11 is 0. The molecule has 37 heavy (non-hydrogen) atoms. The molecule has 7 aliphatic rings. The fraction of sp³-hybridized carbons (Fsp3) is 0.875. The molecule has 2 spiro atoms. The summed E-state index contributed by atoms with van der Waals surface area (Å²) in [7, 11) is 0. The van der Waals surface area contributed by atoms with Gasteiger partial charge in [-0.05, 0) is 79.6 Å². The van der Waals surface area contributed by atoms with Gasteiger partial charge in [-0.3, -0.25) is 9.59 Å². The molecule has 0 aromatic heterocycles. The molecule has 2 heterocycles. The number of esters is 1. The Morgan fingerprint density at radius 1 is 0.784 bits per heavy atom. The fourth-order valence-corrected chi connectivity index (χ4v) is 11.7. The van der Waals surface area contributed by atoms with E-state index in [9.17, 15) is 9.59 Å². The molecule has 0 radical (unpaired) electrons. The van der Waals surface area contributed by atoms with Crippen LogP contribution in [0.2, 0.25) is 0 Å². The van der Waals surface area contributed by atoms with Crippen molar-refractivity contribution in [2.45, 2.75) is 118 Å². The molecule has 0 aromatic rings. The van der Waals surface area contributed by atoms with Crippen molar-refractivity contribution in [2.75, 3.05) is 13.2 Å². The topological polar surface area (TPSA) is 61.8 Å². The Morgan fingerprint density at radius 2 is 1.46 bits per heavy atom. The number of carbonyl (C=O) groups excluding carboxylic acids is 2. The third-order valence-electron chi connectivity index (χ3n) is 14.1. The molecule has 7 rings (SSSR count). The number of rotatable bonds is 0. The number of ketones is 1. The predicted octanol–water partition coefficient (Wildman–Crippen LogP) is 6.39. The minimum absolute atomic E-state index is 0.0194. The Labute approximate surface area is 222 Å². The molecule has 2 bridgehead atoms. The molecule has 2 aliphatic heterocycles. The van der Waals surface area contributed by atoms with Gasteiger partial charge in [0, 0.05) is 23.2 Å². The smallest absolute Gasteiger partial charge is 0.313 e. The highest BCUT2D eigenvalue weighted by molar-refractivity contribution is 6.05. The van der Waals surface area contributed by atoms with Gasteiger partial charge in [-0.15, -0.1) is 0 Å². The second-order valence-corrected chi connectivity index (χ2v) is 16.0. The van der Waals surface area contributed by atoms with Gasteiger partial charge in [-0.1, -0.05) is 54.0 Å². The molecular formula is C32H46O5. The van der Waals surface area contributed by atoms with E-state index in [4.69, 9.17) is 14.2 Å². The minimum Gasteiger partial charge on any atom is -0.449 e. The van der Waals surface area contributed by atoms with Crippen LogP contribution in [-0.4, -0.2) is 36.4 Å². The van der Waals surface area contributed by atoms with E-state index in [1.165, 1.54) is 5.57 Å². The van der Waals surface area contributed by atoms with E-state index in [1.807, 2.05) is 6.08 Å². The molecule has 204 valence electrons. The summed E-state index contributed by atoms with van der Waals surface area (Å²) in [6.45, 7) is 17.8. The zero-order valence-electron chi connectivity index (χ0n) is 24.1. The van der Waals surface area contributed by atoms with E-state index in [-0.39, 0.29) is 39.3 Å². The van der Waals surface area contributed by atoms with Gasteiger partial charge in [0.15, 0.2) is 17.2 Å². The van der Waals surface area contributed by atoms with Gasteiger partial charge in [-0.2, -0.15) is 0 Å². The summed E-state index contributed by atoms with van der Waals surface area (Å²) < 4.78 is 19.2. The minimum atomic E-state index is -1.02. The average Bonchev–Trinajstić information content (AvgIpc) is 3.37. The number of fused-ring (bicyclic) bond motifs is 4. The van der Waals surface area contributed by atoms with Gasteiger partial charge in [0.25, 0.3) is 0 Å². The van der Waals surface area contributed by atoms with E-state index in [2.05, 4.69) is 48.5 Å². The van der Waals surface area contributed by atoms with Gasteiger partial charge >= 0.3 is 5.97 Å². The second-order valence-electron chi connectivity index (χ2n) is 16.0. The Balaban J connectivity index is 1.39. The first-order chi connectivity index (χ1) is 17.1. The van der Waals surface area contributed by atoms with Crippen molar-refractivity contribution in [3.63, 3.8) is 0 Å². The summed E-state index contributed by atoms with van der Waals surface area (Å²) in [6.07, 6.45) is 10.4. The summed E-state index contributed by atoms with van der Waals surface area (Å²) in [4.78, 5) is 28.4. The summed E-state index contributed by atoms with van der Waals surface area (Å²) in [5.41, 5.74) is -0.918. The van der Waals surface area contributed by atoms with Crippen molar-refractivity contribution >= 4 is 11.8 Å². The third kappa shape index (κ3) is 2.44. The van der Waals surface area contributed by atoms with E-state index >= 15 is 0 Å². The van der Waals surface area contributed by atoms with Crippen LogP contribution in [0.25, 0.3) is 0 Å². The first kappa shape index (κ1) is 24.8. The van der Waals surface area contributed by atoms with Gasteiger partial charge in [0.05, 0.1) is 18.6 Å². The number of hydrogen-bond acceptors (Lipinski definition) is 5. The zero-order chi connectivity index (χ0) is 26.5. The lowest BCUT2D eigenvalue weighted by Crippen LogP contribution is -2.72. The number of ether oxygens (including phenoxy) is 3. The van der Waals surface area contributed by atoms with E-state index in [1.54, 1.807) is 0 Å². The van der Waals surface area contributed by atoms with Crippen molar-refractivity contribution in [3.05, 3.63) is 11.6 Å². The van der Waals surface area contributed by atoms with Crippen molar-refractivity contribution in [2.24, 2.45) is 44.3 Å². The Kier molecular flexibility index (Phi) is 4.52. The Morgan fingerprint density at radius 3 is 2.16 bits per heavy atom. The molecule has 4 saturated carbocycles. The lowest BCUT2D eigenvalue weighted by molar-refractivity contribution is -0.289. The quantitative estimate of drug-likeness (QED) is 0.353.